The van der Waals surface area contributed by atoms with Crippen molar-refractivity contribution in [2.75, 3.05) is 6.61 Å². The van der Waals surface area contributed by atoms with Gasteiger partial charge in [-0.3, -0.25) is 21.5 Å². The summed E-state index contributed by atoms with van der Waals surface area (Å²) in [6, 6.07) is 1.94. The molecule has 2 heterocycles. The molecule has 0 spiro atoms. The predicted octanol–water partition coefficient (Wildman–Crippen LogP) is -14.8. The number of fused-ring (bicyclic) bond motifs is 2. The van der Waals surface area contributed by atoms with E-state index >= 15 is 0 Å². The molecular weight excluding hydrogens is 816 g/mol. The van der Waals surface area contributed by atoms with Gasteiger partial charge in [0.15, 0.2) is 11.5 Å². The number of aromatic hydroxyl groups is 4. The Morgan fingerprint density at radius 2 is 1.10 bits per heavy atom. The number of benzene rings is 2. The van der Waals surface area contributed by atoms with Crippen molar-refractivity contribution in [2.24, 2.45) is 0 Å². The fourth-order valence-corrected chi connectivity index (χ4v) is 6.25. The Kier molecular flexibility index (Phi) is 18.7. The van der Waals surface area contributed by atoms with E-state index in [9.17, 15) is 77.1 Å². The van der Waals surface area contributed by atoms with Gasteiger partial charge in [-0.2, -0.15) is 0 Å². The molecule has 1 saturated heterocycles. The van der Waals surface area contributed by atoms with Crippen molar-refractivity contribution < 1.29 is 216 Å². The van der Waals surface area contributed by atoms with Crippen molar-refractivity contribution in [3.63, 3.8) is 0 Å². The van der Waals surface area contributed by atoms with Crippen LogP contribution in [0.1, 0.15) is 11.7 Å². The summed E-state index contributed by atoms with van der Waals surface area (Å²) in [7, 11) is -24.2. The normalized spacial score (nSPS) is 21.3. The van der Waals surface area contributed by atoms with Crippen molar-refractivity contribution in [1.82, 2.24) is 0 Å². The molecule has 3 aromatic rings. The van der Waals surface area contributed by atoms with E-state index in [4.69, 9.17) is 9.15 Å². The average Bonchev–Trinajstić information content (AvgIpc) is 2.84. The zero-order valence-corrected chi connectivity index (χ0v) is 36.8. The quantitative estimate of drug-likeness (QED) is 0.0484. The van der Waals surface area contributed by atoms with E-state index in [0.717, 1.165) is 6.07 Å². The summed E-state index contributed by atoms with van der Waals surface area (Å²) in [4.78, 5) is 13.3. The van der Waals surface area contributed by atoms with Crippen molar-refractivity contribution in [2.45, 2.75) is 30.5 Å². The third-order valence-corrected chi connectivity index (χ3v) is 7.83. The standard InChI is InChI=1S/C19H18O23S4.4Na/c20-6-1-5-9(2-7(6)21)38-10-3-8(22)12(15(24)13(10)14(5)23)17-19(42-46(34,35)36)18(41-45(31,32)33)16(40-44(28,29)30)11(39-17)4-37-43(25,26)27;;;;/h1-3,11,16-22,24H,4H2,(H,25,26,27)(H,28,29,30)(H,31,32,33)(H,34,35,36);;;;/q;4*+1/p-4/t11-,16-,17+,18+,19+;;;;/m1..../s1. The van der Waals surface area contributed by atoms with Gasteiger partial charge in [0.2, 0.25) is 47.0 Å². The summed E-state index contributed by atoms with van der Waals surface area (Å²) in [5.74, 6) is -4.40. The van der Waals surface area contributed by atoms with E-state index in [0.29, 0.717) is 12.1 Å². The predicted molar refractivity (Wildman–Crippen MR) is 134 cm³/mol. The van der Waals surface area contributed by atoms with Crippen LogP contribution in [0, 0.1) is 0 Å². The van der Waals surface area contributed by atoms with E-state index in [1.165, 1.54) is 0 Å². The van der Waals surface area contributed by atoms with Crippen LogP contribution in [-0.2, 0) is 63.1 Å². The molecule has 0 unspecified atom stereocenters. The van der Waals surface area contributed by atoms with E-state index in [-0.39, 0.29) is 118 Å². The summed E-state index contributed by atoms with van der Waals surface area (Å²) < 4.78 is 164. The SMILES string of the molecule is O=c1c2cc(O)c(O)cc2oc2cc(O)c([C@@H]3O[C@H](COS(=O)(=O)[O-])[C@@H](OS(=O)(=O)[O-])[C@H](OS(=O)(=O)[O-])[C@H]3OS(=O)(=O)[O-])c(O)c12.[Na+].[Na+].[Na+].[Na+]. The van der Waals surface area contributed by atoms with Crippen molar-refractivity contribution in [3.05, 3.63) is 34.0 Å². The average molecular weight is 831 g/mol. The molecule has 1 aromatic heterocycles. The Balaban J connectivity index is 0.00000600. The topological polar surface area (TPSA) is 386 Å². The Bertz CT molecular complexity index is 2230. The summed E-state index contributed by atoms with van der Waals surface area (Å²) in [6.07, 6.45) is -14.6. The van der Waals surface area contributed by atoms with Gasteiger partial charge in [-0.25, -0.2) is 33.7 Å². The molecule has 4 N–H and O–H groups in total. The van der Waals surface area contributed by atoms with Gasteiger partial charge in [-0.05, 0) is 6.07 Å². The molecular formula is C19H14Na4O23S4. The molecule has 256 valence electrons. The number of hydrogen-bond donors (Lipinski definition) is 4. The fraction of sp³-hybridized carbons (Fsp3) is 0.316. The van der Waals surface area contributed by atoms with Crippen LogP contribution in [0.3, 0.4) is 0 Å². The molecule has 31 heteroatoms. The second-order valence-electron chi connectivity index (χ2n) is 8.99. The second kappa shape index (κ2) is 18.5. The van der Waals surface area contributed by atoms with Crippen LogP contribution in [-0.4, -0.2) is 103 Å². The summed E-state index contributed by atoms with van der Waals surface area (Å²) >= 11 is 0. The van der Waals surface area contributed by atoms with Crippen LogP contribution >= 0.6 is 0 Å². The Hall–Kier alpha value is 0.550. The van der Waals surface area contributed by atoms with Crippen LogP contribution < -0.4 is 124 Å². The molecule has 0 aliphatic carbocycles. The summed E-state index contributed by atoms with van der Waals surface area (Å²) in [5.41, 5.74) is -3.64. The van der Waals surface area contributed by atoms with Gasteiger partial charge in [0.25, 0.3) is 0 Å². The molecule has 50 heavy (non-hydrogen) atoms. The van der Waals surface area contributed by atoms with Gasteiger partial charge in [0.1, 0.15) is 58.6 Å². The van der Waals surface area contributed by atoms with Crippen LogP contribution in [0.2, 0.25) is 0 Å². The largest absolute Gasteiger partial charge is 1.00 e. The minimum atomic E-state index is -6.18. The molecule has 2 aromatic carbocycles. The molecule has 4 rings (SSSR count). The number of ether oxygens (including phenoxy) is 1. The van der Waals surface area contributed by atoms with Crippen LogP contribution in [0.25, 0.3) is 21.9 Å². The molecule has 0 saturated carbocycles. The van der Waals surface area contributed by atoms with E-state index < -0.39 is 135 Å². The van der Waals surface area contributed by atoms with Crippen molar-refractivity contribution in [1.29, 1.82) is 0 Å². The molecule has 0 radical (unpaired) electrons. The van der Waals surface area contributed by atoms with Gasteiger partial charge < -0.3 is 47.8 Å². The van der Waals surface area contributed by atoms with Gasteiger partial charge in [-0.15, -0.1) is 0 Å². The molecule has 1 fully saturated rings. The molecule has 0 bridgehead atoms. The molecule has 1 aliphatic heterocycles. The third kappa shape index (κ3) is 12.5. The third-order valence-electron chi connectivity index (χ3n) is 6.03. The van der Waals surface area contributed by atoms with Gasteiger partial charge in [-0.1, -0.05) is 0 Å². The van der Waals surface area contributed by atoms with Crippen LogP contribution in [0.5, 0.6) is 23.0 Å². The fourth-order valence-electron chi connectivity index (χ4n) is 4.47. The zero-order chi connectivity index (χ0) is 34.7. The Morgan fingerprint density at radius 3 is 1.60 bits per heavy atom. The minimum absolute atomic E-state index is 0. The van der Waals surface area contributed by atoms with E-state index in [1.54, 1.807) is 0 Å². The van der Waals surface area contributed by atoms with Gasteiger partial charge in [0.05, 0.1) is 17.6 Å². The maximum atomic E-state index is 13.3. The summed E-state index contributed by atoms with van der Waals surface area (Å²) in [5, 5.41) is 39.9. The molecule has 0 amide bonds. The van der Waals surface area contributed by atoms with E-state index in [2.05, 4.69) is 16.7 Å². The molecule has 23 nitrogen and oxygen atoms in total. The first kappa shape index (κ1) is 50.5. The van der Waals surface area contributed by atoms with Crippen LogP contribution in [0.15, 0.2) is 27.4 Å². The van der Waals surface area contributed by atoms with E-state index in [1.807, 2.05) is 0 Å². The number of phenolic OH excluding ortho intramolecular Hbond substituents is 4. The van der Waals surface area contributed by atoms with Gasteiger partial charge in [0, 0.05) is 12.1 Å². The summed E-state index contributed by atoms with van der Waals surface area (Å²) in [6.45, 7) is -1.75. The number of rotatable bonds is 10. The first-order valence-corrected chi connectivity index (χ1v) is 16.7. The second-order valence-corrected chi connectivity index (χ2v) is 13.1. The Morgan fingerprint density at radius 1 is 0.640 bits per heavy atom. The maximum Gasteiger partial charge on any atom is 1.00 e. The van der Waals surface area contributed by atoms with Crippen molar-refractivity contribution >= 4 is 63.5 Å². The smallest absolute Gasteiger partial charge is 0.726 e. The first-order valence-electron chi connectivity index (χ1n) is 11.4. The number of phenols is 4. The monoisotopic (exact) mass is 830 g/mol. The van der Waals surface area contributed by atoms with Gasteiger partial charge >= 0.3 is 118 Å². The van der Waals surface area contributed by atoms with Crippen LogP contribution in [0.4, 0.5) is 0 Å². The maximum absolute atomic E-state index is 13.3. The zero-order valence-electron chi connectivity index (χ0n) is 25.5. The molecule has 1 aliphatic rings. The minimum Gasteiger partial charge on any atom is -0.726 e. The van der Waals surface area contributed by atoms with Crippen molar-refractivity contribution in [3.8, 4) is 23.0 Å². The molecule has 5 atom stereocenters. The Labute approximate surface area is 369 Å². The number of hydrogen-bond acceptors (Lipinski definition) is 23. The first-order chi connectivity index (χ1) is 20.8.